The van der Waals surface area contributed by atoms with Gasteiger partial charge in [-0.3, -0.25) is 0 Å². The average Bonchev–Trinajstić information content (AvgIpc) is 3.08. The van der Waals surface area contributed by atoms with Crippen LogP contribution in [0.2, 0.25) is 19.1 Å². The zero-order chi connectivity index (χ0) is 34.1. The number of hydrogen-bond donors (Lipinski definition) is 1. The van der Waals surface area contributed by atoms with Gasteiger partial charge in [0.15, 0.2) is 14.6 Å². The maximum atomic E-state index is 10.8. The first kappa shape index (κ1) is 38.7. The van der Waals surface area contributed by atoms with Gasteiger partial charge in [-0.25, -0.2) is 0 Å². The van der Waals surface area contributed by atoms with Crippen LogP contribution < -0.4 is 0 Å². The van der Waals surface area contributed by atoms with Crippen molar-refractivity contribution in [2.45, 2.75) is 117 Å². The Morgan fingerprint density at radius 1 is 0.660 bits per heavy atom. The number of allylic oxidation sites excluding steroid dienone is 2. The Bertz CT molecular complexity index is 1210. The van der Waals surface area contributed by atoms with Crippen LogP contribution >= 0.6 is 0 Å². The molecular weight excluding hydrogens is 593 g/mol. The van der Waals surface area contributed by atoms with Gasteiger partial charge in [0.2, 0.25) is 0 Å². The molecule has 0 saturated carbocycles. The molecule has 0 aromatic heterocycles. The van der Waals surface area contributed by atoms with Gasteiger partial charge < -0.3 is 14.3 Å². The van der Waals surface area contributed by atoms with E-state index < -0.39 is 26.3 Å². The van der Waals surface area contributed by atoms with Crippen LogP contribution in [0.1, 0.15) is 96.3 Å². The molecule has 0 bridgehead atoms. The zero-order valence-corrected chi connectivity index (χ0v) is 31.3. The smallest absolute Gasteiger partial charge is 0.190 e. The predicted octanol–water partition coefficient (Wildman–Crippen LogP) is 11.7. The molecule has 0 saturated heterocycles. The number of unbranched alkanes of at least 4 members (excludes halogenated alkanes) is 1. The molecule has 256 valence electrons. The fourth-order valence-corrected chi connectivity index (χ4v) is 8.60. The van der Waals surface area contributed by atoms with Crippen molar-refractivity contribution in [2.24, 2.45) is 17.8 Å². The Balaban J connectivity index is 1.89. The zero-order valence-electron chi connectivity index (χ0n) is 30.3. The van der Waals surface area contributed by atoms with Gasteiger partial charge in [-0.1, -0.05) is 170 Å². The lowest BCUT2D eigenvalue weighted by Crippen LogP contribution is -2.42. The molecule has 0 aliphatic carbocycles. The molecule has 0 aliphatic heterocycles. The Morgan fingerprint density at radius 2 is 1.17 bits per heavy atom. The van der Waals surface area contributed by atoms with E-state index in [2.05, 4.69) is 157 Å². The van der Waals surface area contributed by atoms with Gasteiger partial charge in [0.1, 0.15) is 5.60 Å². The van der Waals surface area contributed by atoms with E-state index in [1.807, 2.05) is 6.08 Å². The maximum absolute atomic E-state index is 10.8. The second kappa shape index (κ2) is 19.9. The van der Waals surface area contributed by atoms with E-state index in [0.29, 0.717) is 5.92 Å². The van der Waals surface area contributed by atoms with Gasteiger partial charge in [0.25, 0.3) is 0 Å². The minimum absolute atomic E-state index is 0.259. The highest BCUT2D eigenvalue weighted by atomic mass is 28.4. The van der Waals surface area contributed by atoms with Gasteiger partial charge in [0.05, 0.1) is 6.10 Å². The highest BCUT2D eigenvalue weighted by Gasteiger charge is 2.41. The summed E-state index contributed by atoms with van der Waals surface area (Å²) < 4.78 is 14.4. The Kier molecular flexibility index (Phi) is 16.4. The van der Waals surface area contributed by atoms with Crippen LogP contribution in [0.15, 0.2) is 115 Å². The third-order valence-corrected chi connectivity index (χ3v) is 11.6. The number of ether oxygens (including phenoxy) is 1. The van der Waals surface area contributed by atoms with Crippen molar-refractivity contribution >= 4 is 8.32 Å². The fourth-order valence-electron chi connectivity index (χ4n) is 6.52. The lowest BCUT2D eigenvalue weighted by Gasteiger charge is -2.40. The van der Waals surface area contributed by atoms with Crippen LogP contribution in [0.5, 0.6) is 0 Å². The number of benzene rings is 3. The van der Waals surface area contributed by atoms with Crippen LogP contribution in [0, 0.1) is 17.8 Å². The second-order valence-corrected chi connectivity index (χ2v) is 18.5. The third kappa shape index (κ3) is 12.7. The summed E-state index contributed by atoms with van der Waals surface area (Å²) in [6.45, 7) is 15.9. The summed E-state index contributed by atoms with van der Waals surface area (Å²) in [7, 11) is -2.06. The van der Waals surface area contributed by atoms with Crippen molar-refractivity contribution in [3.63, 3.8) is 0 Å². The highest BCUT2D eigenvalue weighted by Crippen LogP contribution is 2.42. The van der Waals surface area contributed by atoms with E-state index in [0.717, 1.165) is 54.3 Å². The largest absolute Gasteiger partial charge is 0.390 e. The first-order valence-electron chi connectivity index (χ1n) is 18.2. The number of hydrogen-bond acceptors (Lipinski definition) is 3. The topological polar surface area (TPSA) is 38.7 Å². The van der Waals surface area contributed by atoms with Crippen LogP contribution in [-0.4, -0.2) is 25.8 Å². The molecule has 0 fully saturated rings. The molecule has 5 unspecified atom stereocenters. The molecule has 0 spiro atoms. The van der Waals surface area contributed by atoms with Crippen molar-refractivity contribution < 1.29 is 14.3 Å². The summed E-state index contributed by atoms with van der Waals surface area (Å²) in [5.74, 6) is 1.46. The summed E-state index contributed by atoms with van der Waals surface area (Å²) in [6.07, 6.45) is 15.2. The molecule has 3 nitrogen and oxygen atoms in total. The van der Waals surface area contributed by atoms with Crippen LogP contribution in [0.4, 0.5) is 0 Å². The Hall–Kier alpha value is -2.76. The molecule has 0 aliphatic rings. The molecule has 5 atom stereocenters. The van der Waals surface area contributed by atoms with Crippen molar-refractivity contribution in [2.75, 3.05) is 0 Å². The van der Waals surface area contributed by atoms with Crippen LogP contribution in [-0.2, 0) is 14.8 Å². The molecule has 47 heavy (non-hydrogen) atoms. The number of aliphatic hydroxyl groups is 1. The Morgan fingerprint density at radius 3 is 1.66 bits per heavy atom. The molecule has 0 heterocycles. The van der Waals surface area contributed by atoms with Crippen molar-refractivity contribution in [3.8, 4) is 0 Å². The summed E-state index contributed by atoms with van der Waals surface area (Å²) in [5.41, 5.74) is 2.32. The molecule has 1 N–H and O–H groups in total. The van der Waals surface area contributed by atoms with Crippen molar-refractivity contribution in [1.82, 2.24) is 0 Å². The SMILES string of the molecule is CCCC[Si](C)(C)OC(C=CC(C)CCC(O)C=CC(C)CC(C)CCC)OC(c1ccccc1)(c1ccccc1)c1ccccc1. The predicted molar refractivity (Wildman–Crippen MR) is 203 cm³/mol. The first-order chi connectivity index (χ1) is 22.6. The van der Waals surface area contributed by atoms with E-state index in [-0.39, 0.29) is 5.92 Å². The van der Waals surface area contributed by atoms with Crippen molar-refractivity contribution in [3.05, 3.63) is 132 Å². The quantitative estimate of drug-likeness (QED) is 0.0538. The van der Waals surface area contributed by atoms with Crippen molar-refractivity contribution in [1.29, 1.82) is 0 Å². The van der Waals surface area contributed by atoms with E-state index in [9.17, 15) is 5.11 Å². The monoisotopic (exact) mass is 654 g/mol. The van der Waals surface area contributed by atoms with Gasteiger partial charge in [-0.2, -0.15) is 0 Å². The summed E-state index contributed by atoms with van der Waals surface area (Å²) in [4.78, 5) is 0. The van der Waals surface area contributed by atoms with E-state index in [1.165, 1.54) is 19.3 Å². The fraction of sp³-hybridized carbons (Fsp3) is 0.488. The number of aliphatic hydroxyl groups excluding tert-OH is 1. The van der Waals surface area contributed by atoms with Gasteiger partial charge in [-0.05, 0) is 78.9 Å². The summed E-state index contributed by atoms with van der Waals surface area (Å²) in [6, 6.07) is 32.7. The molecule has 3 rings (SSSR count). The molecule has 3 aromatic rings. The molecule has 0 radical (unpaired) electrons. The summed E-state index contributed by atoms with van der Waals surface area (Å²) >= 11 is 0. The van der Waals surface area contributed by atoms with Crippen LogP contribution in [0.3, 0.4) is 0 Å². The number of rotatable bonds is 21. The van der Waals surface area contributed by atoms with Gasteiger partial charge >= 0.3 is 0 Å². The summed E-state index contributed by atoms with van der Waals surface area (Å²) in [5, 5.41) is 10.8. The van der Waals surface area contributed by atoms with Crippen LogP contribution in [0.25, 0.3) is 0 Å². The van der Waals surface area contributed by atoms with Gasteiger partial charge in [0, 0.05) is 0 Å². The normalized spacial score (nSPS) is 15.9. The third-order valence-electron chi connectivity index (χ3n) is 9.13. The molecule has 3 aromatic carbocycles. The second-order valence-electron chi connectivity index (χ2n) is 14.2. The molecule has 4 heteroatoms. The van der Waals surface area contributed by atoms with E-state index >= 15 is 0 Å². The van der Waals surface area contributed by atoms with E-state index in [4.69, 9.17) is 9.16 Å². The maximum Gasteiger partial charge on any atom is 0.190 e. The van der Waals surface area contributed by atoms with Gasteiger partial charge in [-0.15, -0.1) is 0 Å². The van der Waals surface area contributed by atoms with E-state index in [1.54, 1.807) is 0 Å². The minimum atomic E-state index is -2.06. The molecule has 0 amide bonds. The average molecular weight is 655 g/mol. The first-order valence-corrected chi connectivity index (χ1v) is 21.3. The highest BCUT2D eigenvalue weighted by molar-refractivity contribution is 6.71. The minimum Gasteiger partial charge on any atom is -0.390 e. The lowest BCUT2D eigenvalue weighted by atomic mass is 9.80. The molecular formula is C43H62O3Si. The lowest BCUT2D eigenvalue weighted by molar-refractivity contribution is -0.121. The standard InChI is InChI=1S/C43H62O3Si/c1-8-10-33-47(6,7)46-42(32-29-35(3)27-30-41(44)31-28-37(5)34-36(4)20-9-2)45-43(38-21-14-11-15-22-38,39-23-16-12-17-24-39)40-25-18-13-19-26-40/h11-19,21-26,28-29,31-32,35-37,41-42,44H,8-10,20,27,30,33-34H2,1-7H3. The Labute approximate surface area is 288 Å².